The smallest absolute Gasteiger partial charge is 0.549 e. The zero-order chi connectivity index (χ0) is 12.4. The third-order valence-corrected chi connectivity index (χ3v) is 1.15. The molecule has 0 spiro atoms. The number of carboxylic acid groups (broad SMARTS) is 3. The summed E-state index contributed by atoms with van der Waals surface area (Å²) < 4.78 is 0. The molecule has 0 radical (unpaired) electrons. The zero-order valence-electron chi connectivity index (χ0n) is 8.88. The number of rotatable bonds is 5. The minimum absolute atomic E-state index is 0. The molecule has 0 aromatic carbocycles. The fraction of sp³-hybridized carbons (Fsp3) is 0.571. The first-order valence-electron chi connectivity index (χ1n) is 3.91. The molecule has 0 amide bonds. The summed E-state index contributed by atoms with van der Waals surface area (Å²) in [4.78, 5) is 29.0. The number of nitrogens with two attached hydrogens (primary N) is 2. The monoisotopic (exact) mass is 244 g/mol. The van der Waals surface area contributed by atoms with Crippen LogP contribution < -0.4 is 46.1 Å². The summed E-state index contributed by atoms with van der Waals surface area (Å²) in [5, 5.41) is 25.4. The second kappa shape index (κ2) is 12.4. The van der Waals surface area contributed by atoms with E-state index in [1.807, 2.05) is 0 Å². The van der Waals surface area contributed by atoms with Crippen LogP contribution in [0.25, 0.3) is 0 Å². The van der Waals surface area contributed by atoms with Crippen molar-refractivity contribution in [3.8, 4) is 0 Å². The quantitative estimate of drug-likeness (QED) is 0.346. The van der Waals surface area contributed by atoms with E-state index >= 15 is 0 Å². The molecule has 16 heavy (non-hydrogen) atoms. The first-order valence-corrected chi connectivity index (χ1v) is 3.91. The van der Waals surface area contributed by atoms with E-state index in [0.29, 0.717) is 0 Å². The molecule has 1 atom stereocenters. The van der Waals surface area contributed by atoms with Gasteiger partial charge in [-0.2, -0.15) is 0 Å². The predicted octanol–water partition coefficient (Wildman–Crippen LogP) is -6.04. The van der Waals surface area contributed by atoms with Gasteiger partial charge in [0.15, 0.2) is 0 Å². The Labute approximate surface area is 114 Å². The van der Waals surface area contributed by atoms with Crippen LogP contribution in [-0.4, -0.2) is 40.7 Å². The number of hydrogen-bond acceptors (Lipinski definition) is 6. The van der Waals surface area contributed by atoms with E-state index in [2.05, 4.69) is 5.73 Å². The second-order valence-electron chi connectivity index (χ2n) is 2.45. The van der Waals surface area contributed by atoms with Crippen LogP contribution in [0.4, 0.5) is 0 Å². The van der Waals surface area contributed by atoms with Crippen molar-refractivity contribution in [3.05, 3.63) is 0 Å². The molecule has 0 rings (SSSR count). The largest absolute Gasteiger partial charge is 1.00 e. The zero-order valence-corrected chi connectivity index (χ0v) is 10.9. The number of carbonyl (C=O) groups excluding carboxylic acids is 1. The Bertz CT molecular complexity index is 235. The fourth-order valence-corrected chi connectivity index (χ4v) is 0.402. The van der Waals surface area contributed by atoms with Gasteiger partial charge >= 0.3 is 41.5 Å². The van der Waals surface area contributed by atoms with Crippen molar-refractivity contribution in [2.24, 2.45) is 11.5 Å². The van der Waals surface area contributed by atoms with Gasteiger partial charge in [-0.05, 0) is 6.42 Å². The molecule has 8 nitrogen and oxygen atoms in total. The summed E-state index contributed by atoms with van der Waals surface area (Å²) in [6, 6.07) is -1.06. The van der Waals surface area contributed by atoms with Crippen molar-refractivity contribution in [2.45, 2.75) is 18.9 Å². The molecule has 0 aromatic heterocycles. The van der Waals surface area contributed by atoms with Crippen LogP contribution in [-0.2, 0) is 14.4 Å². The summed E-state index contributed by atoms with van der Waals surface area (Å²) in [5.74, 6) is -3.41. The van der Waals surface area contributed by atoms with Crippen LogP contribution >= 0.6 is 0 Å². The number of hydrogen-bond donors (Lipinski definition) is 4. The Morgan fingerprint density at radius 3 is 1.81 bits per heavy atom. The van der Waals surface area contributed by atoms with Gasteiger partial charge < -0.3 is 31.6 Å². The molecule has 0 aliphatic heterocycles. The number of carbonyl (C=O) groups is 3. The van der Waals surface area contributed by atoms with E-state index in [0.717, 1.165) is 0 Å². The summed E-state index contributed by atoms with van der Waals surface area (Å²) in [6.45, 7) is -0.389. The van der Waals surface area contributed by atoms with Crippen LogP contribution in [0.15, 0.2) is 0 Å². The Hall–Kier alpha value is -0.670. The molecule has 0 heterocycles. The van der Waals surface area contributed by atoms with E-state index in [-0.39, 0.29) is 48.9 Å². The van der Waals surface area contributed by atoms with Crippen molar-refractivity contribution < 1.29 is 59.3 Å². The van der Waals surface area contributed by atoms with E-state index < -0.39 is 23.9 Å². The van der Waals surface area contributed by atoms with E-state index in [1.165, 1.54) is 0 Å². The molecule has 88 valence electrons. The van der Waals surface area contributed by atoms with Crippen LogP contribution in [0.2, 0.25) is 0 Å². The molecule has 0 fully saturated rings. The van der Waals surface area contributed by atoms with E-state index in [4.69, 9.17) is 25.8 Å². The standard InChI is InChI=1S/C5H9NO4.C2H5NO2.Na/c6-3(5(9)10)1-2-4(7)8;3-1-2(4)5;/h3H,1-2,6H2,(H,7,8)(H,9,10);1,3H2,(H,4,5);/q;;+1/p-1. The topological polar surface area (TPSA) is 167 Å². The molecule has 0 aromatic rings. The van der Waals surface area contributed by atoms with Gasteiger partial charge in [-0.15, -0.1) is 0 Å². The van der Waals surface area contributed by atoms with Gasteiger partial charge in [-0.25, -0.2) is 0 Å². The van der Waals surface area contributed by atoms with Gasteiger partial charge in [0.2, 0.25) is 0 Å². The van der Waals surface area contributed by atoms with Crippen molar-refractivity contribution in [3.63, 3.8) is 0 Å². The Morgan fingerprint density at radius 2 is 1.62 bits per heavy atom. The Balaban J connectivity index is -0.000000242. The molecule has 6 N–H and O–H groups in total. The first kappa shape index (κ1) is 20.7. The maximum Gasteiger partial charge on any atom is 1.00 e. The van der Waals surface area contributed by atoms with E-state index in [9.17, 15) is 9.59 Å². The summed E-state index contributed by atoms with van der Waals surface area (Å²) in [6.07, 6.45) is -0.224. The molecule has 0 saturated heterocycles. The SMILES string of the molecule is NC(CCC(=O)O)C(=O)O.NCC(=O)[O-].[Na+]. The van der Waals surface area contributed by atoms with Crippen molar-refractivity contribution >= 4 is 17.9 Å². The molecule has 0 bridgehead atoms. The minimum Gasteiger partial charge on any atom is -0.549 e. The van der Waals surface area contributed by atoms with Crippen LogP contribution in [0, 0.1) is 0 Å². The molecule has 0 aliphatic carbocycles. The third-order valence-electron chi connectivity index (χ3n) is 1.15. The van der Waals surface area contributed by atoms with Gasteiger partial charge in [0.25, 0.3) is 0 Å². The molecule has 0 saturated carbocycles. The Kier molecular flexibility index (Phi) is 16.0. The summed E-state index contributed by atoms with van der Waals surface area (Å²) >= 11 is 0. The molecule has 1 unspecified atom stereocenters. The van der Waals surface area contributed by atoms with Crippen LogP contribution in [0.1, 0.15) is 12.8 Å². The summed E-state index contributed by atoms with van der Waals surface area (Å²) in [7, 11) is 0. The van der Waals surface area contributed by atoms with Crippen LogP contribution in [0.5, 0.6) is 0 Å². The van der Waals surface area contributed by atoms with Gasteiger partial charge in [0.05, 0.1) is 5.97 Å². The average molecular weight is 244 g/mol. The Morgan fingerprint density at radius 1 is 1.25 bits per heavy atom. The van der Waals surface area contributed by atoms with Gasteiger partial charge in [0, 0.05) is 13.0 Å². The van der Waals surface area contributed by atoms with Crippen molar-refractivity contribution in [1.29, 1.82) is 0 Å². The normalized spacial score (nSPS) is 10.1. The molecular formula is C7H13N2NaO6. The van der Waals surface area contributed by atoms with E-state index in [1.54, 1.807) is 0 Å². The minimum atomic E-state index is -1.22. The maximum atomic E-state index is 9.99. The number of aliphatic carboxylic acids is 3. The summed E-state index contributed by atoms with van der Waals surface area (Å²) in [5.41, 5.74) is 9.51. The molecular weight excluding hydrogens is 231 g/mol. The van der Waals surface area contributed by atoms with Crippen molar-refractivity contribution in [1.82, 2.24) is 0 Å². The number of carboxylic acids is 3. The van der Waals surface area contributed by atoms with Crippen molar-refractivity contribution in [2.75, 3.05) is 6.54 Å². The van der Waals surface area contributed by atoms with Gasteiger partial charge in [0.1, 0.15) is 6.04 Å². The average Bonchev–Trinajstić information content (AvgIpc) is 2.14. The molecule has 9 heteroatoms. The third kappa shape index (κ3) is 19.0. The van der Waals surface area contributed by atoms with Crippen LogP contribution in [0.3, 0.4) is 0 Å². The van der Waals surface area contributed by atoms with Gasteiger partial charge in [-0.3, -0.25) is 9.59 Å². The first-order chi connectivity index (χ1) is 6.81. The molecule has 0 aliphatic rings. The maximum absolute atomic E-state index is 9.99. The second-order valence-corrected chi connectivity index (χ2v) is 2.45. The van der Waals surface area contributed by atoms with Gasteiger partial charge in [-0.1, -0.05) is 0 Å². The fourth-order valence-electron chi connectivity index (χ4n) is 0.402. The predicted molar refractivity (Wildman–Crippen MR) is 46.5 cm³/mol.